The minimum atomic E-state index is -0.833. The van der Waals surface area contributed by atoms with Crippen molar-refractivity contribution in [3.63, 3.8) is 0 Å². The molecule has 0 atom stereocenters. The molecule has 0 aromatic carbocycles. The van der Waals surface area contributed by atoms with E-state index in [2.05, 4.69) is 5.32 Å². The van der Waals surface area contributed by atoms with Crippen molar-refractivity contribution in [3.8, 4) is 0 Å². The summed E-state index contributed by atoms with van der Waals surface area (Å²) in [7, 11) is 1.94. The first-order valence-electron chi connectivity index (χ1n) is 4.98. The van der Waals surface area contributed by atoms with Crippen LogP contribution in [0.3, 0.4) is 0 Å². The molecule has 0 aliphatic rings. The van der Waals surface area contributed by atoms with Gasteiger partial charge in [0.05, 0.1) is 6.61 Å². The number of carboxylic acid groups (broad SMARTS) is 1. The molecular weight excluding hydrogens is 198 g/mol. The molecule has 0 saturated carbocycles. The SMILES string of the molecule is CC(=O)O.CNCCCCCOC(C)=O. The van der Waals surface area contributed by atoms with Crippen molar-refractivity contribution >= 4 is 11.9 Å². The molecule has 0 spiro atoms. The van der Waals surface area contributed by atoms with Crippen LogP contribution < -0.4 is 5.32 Å². The van der Waals surface area contributed by atoms with Gasteiger partial charge in [-0.2, -0.15) is 0 Å². The first kappa shape index (κ1) is 16.3. The Bertz CT molecular complexity index is 167. The molecule has 0 aliphatic heterocycles. The van der Waals surface area contributed by atoms with Gasteiger partial charge in [-0.15, -0.1) is 0 Å². The van der Waals surface area contributed by atoms with E-state index in [0.717, 1.165) is 32.7 Å². The molecule has 0 rings (SSSR count). The van der Waals surface area contributed by atoms with Gasteiger partial charge < -0.3 is 15.2 Å². The van der Waals surface area contributed by atoms with Crippen molar-refractivity contribution in [3.05, 3.63) is 0 Å². The average molecular weight is 219 g/mol. The number of esters is 1. The second-order valence-corrected chi connectivity index (χ2v) is 3.02. The topological polar surface area (TPSA) is 75.6 Å². The van der Waals surface area contributed by atoms with Gasteiger partial charge in [0, 0.05) is 13.8 Å². The van der Waals surface area contributed by atoms with Crippen molar-refractivity contribution in [2.45, 2.75) is 33.1 Å². The number of carboxylic acids is 1. The highest BCUT2D eigenvalue weighted by molar-refractivity contribution is 5.65. The van der Waals surface area contributed by atoms with E-state index < -0.39 is 5.97 Å². The zero-order valence-corrected chi connectivity index (χ0v) is 9.71. The van der Waals surface area contributed by atoms with E-state index in [9.17, 15) is 4.79 Å². The molecule has 5 heteroatoms. The van der Waals surface area contributed by atoms with E-state index in [0.29, 0.717) is 6.61 Å². The summed E-state index contributed by atoms with van der Waals surface area (Å²) in [6.07, 6.45) is 3.24. The third kappa shape index (κ3) is 32.2. The number of nitrogens with one attached hydrogen (secondary N) is 1. The first-order valence-corrected chi connectivity index (χ1v) is 4.98. The lowest BCUT2D eigenvalue weighted by Crippen LogP contribution is -2.08. The van der Waals surface area contributed by atoms with Crippen LogP contribution in [0.2, 0.25) is 0 Å². The Morgan fingerprint density at radius 1 is 1.20 bits per heavy atom. The van der Waals surface area contributed by atoms with Crippen LogP contribution in [0.25, 0.3) is 0 Å². The fourth-order valence-electron chi connectivity index (χ4n) is 0.797. The lowest BCUT2D eigenvalue weighted by Gasteiger charge is -2.00. The molecule has 15 heavy (non-hydrogen) atoms. The van der Waals surface area contributed by atoms with Gasteiger partial charge in [0.1, 0.15) is 0 Å². The van der Waals surface area contributed by atoms with Crippen molar-refractivity contribution < 1.29 is 19.4 Å². The molecule has 5 nitrogen and oxygen atoms in total. The minimum absolute atomic E-state index is 0.182. The molecule has 0 radical (unpaired) electrons. The third-order valence-electron chi connectivity index (χ3n) is 1.38. The normalized spacial score (nSPS) is 8.73. The van der Waals surface area contributed by atoms with Crippen LogP contribution in [-0.2, 0) is 14.3 Å². The number of carbonyl (C=O) groups excluding carboxylic acids is 1. The van der Waals surface area contributed by atoms with Crippen LogP contribution in [0.1, 0.15) is 33.1 Å². The molecule has 0 aromatic heterocycles. The predicted molar refractivity (Wildman–Crippen MR) is 57.7 cm³/mol. The second kappa shape index (κ2) is 12.9. The standard InChI is InChI=1S/C8H17NO2.C2H4O2/c1-8(10)11-7-5-3-4-6-9-2;1-2(3)4/h9H,3-7H2,1-2H3;1H3,(H,3,4). The monoisotopic (exact) mass is 219 g/mol. The smallest absolute Gasteiger partial charge is 0.302 e. The van der Waals surface area contributed by atoms with E-state index in [1.54, 1.807) is 0 Å². The number of carbonyl (C=O) groups is 2. The van der Waals surface area contributed by atoms with Gasteiger partial charge in [0.25, 0.3) is 5.97 Å². The summed E-state index contributed by atoms with van der Waals surface area (Å²) in [5, 5.41) is 10.5. The summed E-state index contributed by atoms with van der Waals surface area (Å²) in [6.45, 7) is 4.13. The largest absolute Gasteiger partial charge is 0.481 e. The molecule has 0 unspecified atom stereocenters. The van der Waals surface area contributed by atoms with E-state index in [-0.39, 0.29) is 5.97 Å². The van der Waals surface area contributed by atoms with Gasteiger partial charge in [-0.25, -0.2) is 0 Å². The maximum absolute atomic E-state index is 10.3. The van der Waals surface area contributed by atoms with Crippen LogP contribution in [0.4, 0.5) is 0 Å². The summed E-state index contributed by atoms with van der Waals surface area (Å²) in [5.41, 5.74) is 0. The van der Waals surface area contributed by atoms with Crippen LogP contribution in [0.15, 0.2) is 0 Å². The van der Waals surface area contributed by atoms with Crippen molar-refractivity contribution in [2.24, 2.45) is 0 Å². The maximum atomic E-state index is 10.3. The molecule has 0 saturated heterocycles. The Hall–Kier alpha value is -1.10. The Labute approximate surface area is 90.8 Å². The quantitative estimate of drug-likeness (QED) is 0.515. The minimum Gasteiger partial charge on any atom is -0.481 e. The van der Waals surface area contributed by atoms with Gasteiger partial charge in [0.2, 0.25) is 0 Å². The number of hydrogen-bond donors (Lipinski definition) is 2. The van der Waals surface area contributed by atoms with Crippen LogP contribution in [0, 0.1) is 0 Å². The fraction of sp³-hybridized carbons (Fsp3) is 0.800. The Kier molecular flexibility index (Phi) is 14.0. The lowest BCUT2D eigenvalue weighted by atomic mass is 10.2. The molecule has 0 fully saturated rings. The van der Waals surface area contributed by atoms with E-state index in [1.807, 2.05) is 7.05 Å². The number of unbranched alkanes of at least 4 members (excludes halogenated alkanes) is 2. The first-order chi connectivity index (χ1) is 7.00. The average Bonchev–Trinajstić information content (AvgIpc) is 2.09. The zero-order chi connectivity index (χ0) is 12.1. The Balaban J connectivity index is 0. The van der Waals surface area contributed by atoms with Gasteiger partial charge in [0.15, 0.2) is 0 Å². The molecular formula is C10H21NO4. The number of rotatable bonds is 6. The molecule has 2 N–H and O–H groups in total. The summed E-state index contributed by atoms with van der Waals surface area (Å²) in [6, 6.07) is 0. The molecule has 0 amide bonds. The number of hydrogen-bond acceptors (Lipinski definition) is 4. The molecule has 0 heterocycles. The third-order valence-corrected chi connectivity index (χ3v) is 1.38. The zero-order valence-electron chi connectivity index (χ0n) is 9.71. The summed E-state index contributed by atoms with van der Waals surface area (Å²) >= 11 is 0. The van der Waals surface area contributed by atoms with Gasteiger partial charge >= 0.3 is 5.97 Å². The molecule has 0 aliphatic carbocycles. The Morgan fingerprint density at radius 2 is 1.73 bits per heavy atom. The fourth-order valence-corrected chi connectivity index (χ4v) is 0.797. The van der Waals surface area contributed by atoms with Gasteiger partial charge in [-0.1, -0.05) is 0 Å². The summed E-state index contributed by atoms with van der Waals surface area (Å²) in [5.74, 6) is -1.02. The number of ether oxygens (including phenoxy) is 1. The predicted octanol–water partition coefficient (Wildman–Crippen LogP) is 1.03. The van der Waals surface area contributed by atoms with E-state index >= 15 is 0 Å². The van der Waals surface area contributed by atoms with Crippen LogP contribution >= 0.6 is 0 Å². The highest BCUT2D eigenvalue weighted by atomic mass is 16.5. The summed E-state index contributed by atoms with van der Waals surface area (Å²) in [4.78, 5) is 19.3. The lowest BCUT2D eigenvalue weighted by molar-refractivity contribution is -0.141. The van der Waals surface area contributed by atoms with Crippen molar-refractivity contribution in [1.29, 1.82) is 0 Å². The molecule has 0 bridgehead atoms. The highest BCUT2D eigenvalue weighted by Gasteiger charge is 1.91. The molecule has 0 aromatic rings. The summed E-state index contributed by atoms with van der Waals surface area (Å²) < 4.78 is 4.76. The van der Waals surface area contributed by atoms with E-state index in [4.69, 9.17) is 14.6 Å². The molecule has 90 valence electrons. The number of aliphatic carboxylic acids is 1. The maximum Gasteiger partial charge on any atom is 0.302 e. The highest BCUT2D eigenvalue weighted by Crippen LogP contribution is 1.94. The van der Waals surface area contributed by atoms with Crippen molar-refractivity contribution in [1.82, 2.24) is 5.32 Å². The van der Waals surface area contributed by atoms with Gasteiger partial charge in [-0.05, 0) is 32.9 Å². The van der Waals surface area contributed by atoms with Gasteiger partial charge in [-0.3, -0.25) is 9.59 Å². The second-order valence-electron chi connectivity index (χ2n) is 3.02. The van der Waals surface area contributed by atoms with Crippen LogP contribution in [-0.4, -0.2) is 37.2 Å². The van der Waals surface area contributed by atoms with Crippen LogP contribution in [0.5, 0.6) is 0 Å². The Morgan fingerprint density at radius 3 is 2.13 bits per heavy atom. The van der Waals surface area contributed by atoms with E-state index in [1.165, 1.54) is 6.92 Å². The van der Waals surface area contributed by atoms with Crippen molar-refractivity contribution in [2.75, 3.05) is 20.2 Å².